The SMILES string of the molecule is CCOc1ccc(C(=O)Oc2c(Br)cc(Br)cc2C=NNC(=O)c2[nH]c3c(C)cccc3c2-c2ccccc2Cl)cc1OCC. The number of nitrogens with zero attached hydrogens (tertiary/aromatic N) is 1. The third kappa shape index (κ3) is 7.08. The van der Waals surface area contributed by atoms with E-state index in [9.17, 15) is 9.59 Å². The number of hydrogen-bond donors (Lipinski definition) is 2. The highest BCUT2D eigenvalue weighted by atomic mass is 79.9. The first-order valence-corrected chi connectivity index (χ1v) is 16.0. The highest BCUT2D eigenvalue weighted by Gasteiger charge is 2.22. The van der Waals surface area contributed by atoms with Gasteiger partial charge in [0.2, 0.25) is 0 Å². The Balaban J connectivity index is 1.43. The minimum Gasteiger partial charge on any atom is -0.490 e. The molecule has 0 atom stereocenters. The van der Waals surface area contributed by atoms with Gasteiger partial charge in [0.15, 0.2) is 17.2 Å². The molecule has 1 amide bonds. The molecule has 2 N–H and O–H groups in total. The van der Waals surface area contributed by atoms with E-state index in [0.29, 0.717) is 55.5 Å². The number of aryl methyl sites for hydroxylation is 1. The molecule has 8 nitrogen and oxygen atoms in total. The number of rotatable bonds is 10. The third-order valence-corrected chi connectivity index (χ3v) is 8.17. The van der Waals surface area contributed by atoms with Crippen LogP contribution in [-0.2, 0) is 0 Å². The van der Waals surface area contributed by atoms with Gasteiger partial charge in [0.1, 0.15) is 5.69 Å². The molecule has 0 unspecified atom stereocenters. The lowest BCUT2D eigenvalue weighted by molar-refractivity contribution is 0.0732. The van der Waals surface area contributed by atoms with Crippen LogP contribution in [0.2, 0.25) is 5.02 Å². The first-order chi connectivity index (χ1) is 21.7. The van der Waals surface area contributed by atoms with E-state index in [1.807, 2.05) is 57.2 Å². The number of amides is 1. The molecule has 0 fully saturated rings. The van der Waals surface area contributed by atoms with Crippen molar-refractivity contribution in [1.29, 1.82) is 0 Å². The number of aromatic amines is 1. The average Bonchev–Trinajstić information content (AvgIpc) is 3.41. The molecule has 0 saturated heterocycles. The summed E-state index contributed by atoms with van der Waals surface area (Å²) in [5, 5.41) is 5.60. The van der Waals surface area contributed by atoms with Gasteiger partial charge in [-0.15, -0.1) is 0 Å². The lowest BCUT2D eigenvalue weighted by atomic mass is 10.0. The van der Waals surface area contributed by atoms with Gasteiger partial charge in [-0.05, 0) is 78.7 Å². The summed E-state index contributed by atoms with van der Waals surface area (Å²) >= 11 is 13.5. The maximum absolute atomic E-state index is 13.5. The fourth-order valence-electron chi connectivity index (χ4n) is 4.81. The van der Waals surface area contributed by atoms with Gasteiger partial charge in [-0.25, -0.2) is 10.2 Å². The fraction of sp³-hybridized carbons (Fsp3) is 0.147. The molecule has 0 bridgehead atoms. The molecule has 0 saturated carbocycles. The number of carbonyl (C=O) groups excluding carboxylic acids is 2. The molecular weight excluding hydrogens is 726 g/mol. The van der Waals surface area contributed by atoms with Gasteiger partial charge >= 0.3 is 5.97 Å². The van der Waals surface area contributed by atoms with E-state index < -0.39 is 11.9 Å². The number of esters is 1. The average molecular weight is 754 g/mol. The van der Waals surface area contributed by atoms with Gasteiger partial charge < -0.3 is 19.2 Å². The number of hydrogen-bond acceptors (Lipinski definition) is 6. The molecule has 230 valence electrons. The molecule has 0 aliphatic rings. The summed E-state index contributed by atoms with van der Waals surface area (Å²) in [7, 11) is 0. The Morgan fingerprint density at radius 1 is 0.956 bits per heavy atom. The Kier molecular flexibility index (Phi) is 10.3. The molecule has 1 heterocycles. The van der Waals surface area contributed by atoms with E-state index in [-0.39, 0.29) is 11.3 Å². The maximum Gasteiger partial charge on any atom is 0.343 e. The van der Waals surface area contributed by atoms with Crippen LogP contribution in [0.5, 0.6) is 17.2 Å². The van der Waals surface area contributed by atoms with Crippen LogP contribution in [0.4, 0.5) is 0 Å². The Morgan fingerprint density at radius 2 is 1.71 bits per heavy atom. The molecule has 5 aromatic rings. The summed E-state index contributed by atoms with van der Waals surface area (Å²) in [5.41, 5.74) is 6.82. The van der Waals surface area contributed by atoms with Crippen molar-refractivity contribution in [3.63, 3.8) is 0 Å². The van der Waals surface area contributed by atoms with E-state index in [0.717, 1.165) is 22.0 Å². The number of aromatic nitrogens is 1. The molecule has 4 aromatic carbocycles. The van der Waals surface area contributed by atoms with Gasteiger partial charge in [-0.3, -0.25) is 4.79 Å². The largest absolute Gasteiger partial charge is 0.490 e. The monoisotopic (exact) mass is 751 g/mol. The van der Waals surface area contributed by atoms with E-state index >= 15 is 0 Å². The Bertz CT molecular complexity index is 1940. The van der Waals surface area contributed by atoms with Crippen molar-refractivity contribution >= 4 is 72.5 Å². The predicted octanol–water partition coefficient (Wildman–Crippen LogP) is 9.10. The summed E-state index contributed by atoms with van der Waals surface area (Å²) in [5.74, 6) is 0.107. The summed E-state index contributed by atoms with van der Waals surface area (Å²) in [6, 6.07) is 21.5. The number of H-pyrrole nitrogens is 1. The molecule has 1 aromatic heterocycles. The van der Waals surface area contributed by atoms with E-state index in [2.05, 4.69) is 47.4 Å². The quantitative estimate of drug-likeness (QED) is 0.0642. The van der Waals surface area contributed by atoms with Crippen molar-refractivity contribution in [3.05, 3.63) is 109 Å². The van der Waals surface area contributed by atoms with Crippen molar-refractivity contribution in [2.24, 2.45) is 5.10 Å². The van der Waals surface area contributed by atoms with E-state index in [1.165, 1.54) is 6.21 Å². The smallest absolute Gasteiger partial charge is 0.343 e. The van der Waals surface area contributed by atoms with Crippen molar-refractivity contribution in [2.75, 3.05) is 13.2 Å². The zero-order chi connectivity index (χ0) is 32.1. The number of ether oxygens (including phenoxy) is 3. The van der Waals surface area contributed by atoms with Crippen molar-refractivity contribution in [2.45, 2.75) is 20.8 Å². The van der Waals surface area contributed by atoms with Crippen molar-refractivity contribution in [1.82, 2.24) is 10.4 Å². The second-order valence-electron chi connectivity index (χ2n) is 9.77. The molecule has 11 heteroatoms. The van der Waals surface area contributed by atoms with Crippen LogP contribution in [0, 0.1) is 6.92 Å². The number of para-hydroxylation sites is 1. The minimum atomic E-state index is -0.612. The minimum absolute atomic E-state index is 0.214. The van der Waals surface area contributed by atoms with E-state index in [4.69, 9.17) is 25.8 Å². The zero-order valence-corrected chi connectivity index (χ0v) is 28.5. The van der Waals surface area contributed by atoms with Crippen LogP contribution in [0.15, 0.2) is 86.8 Å². The van der Waals surface area contributed by atoms with Crippen LogP contribution in [0.1, 0.15) is 45.8 Å². The van der Waals surface area contributed by atoms with Crippen molar-refractivity contribution < 1.29 is 23.8 Å². The van der Waals surface area contributed by atoms with Crippen molar-refractivity contribution in [3.8, 4) is 28.4 Å². The number of nitrogens with one attached hydrogen (secondary N) is 2. The van der Waals surface area contributed by atoms with Gasteiger partial charge in [-0.1, -0.05) is 63.9 Å². The first kappa shape index (κ1) is 32.3. The standard InChI is InChI=1S/C34H28Br2ClN3O5/c1-4-43-27-14-13-20(16-28(27)44-5-2)34(42)45-32-21(15-22(35)17-25(32)36)18-38-40-33(41)31-29(23-10-6-7-12-26(23)37)24-11-8-9-19(3)30(24)39-31/h6-18,39H,4-5H2,1-3H3,(H,40,41). The van der Waals surface area contributed by atoms with E-state index in [1.54, 1.807) is 36.4 Å². The second-order valence-corrected chi connectivity index (χ2v) is 12.0. The summed E-state index contributed by atoms with van der Waals surface area (Å²) in [4.78, 5) is 30.0. The van der Waals surface area contributed by atoms with Crippen LogP contribution < -0.4 is 19.6 Å². The Labute approximate surface area is 282 Å². The normalized spacial score (nSPS) is 11.2. The highest BCUT2D eigenvalue weighted by molar-refractivity contribution is 9.11. The summed E-state index contributed by atoms with van der Waals surface area (Å²) < 4.78 is 18.3. The number of fused-ring (bicyclic) bond motifs is 1. The molecule has 0 aliphatic carbocycles. The first-order valence-electron chi connectivity index (χ1n) is 14.0. The molecule has 0 spiro atoms. The summed E-state index contributed by atoms with van der Waals surface area (Å²) in [6.45, 7) is 6.54. The number of benzene rings is 4. The molecule has 0 aliphatic heterocycles. The Morgan fingerprint density at radius 3 is 2.47 bits per heavy atom. The van der Waals surface area contributed by atoms with Crippen LogP contribution in [-0.4, -0.2) is 36.3 Å². The fourth-order valence-corrected chi connectivity index (χ4v) is 6.38. The van der Waals surface area contributed by atoms with Gasteiger partial charge in [0.25, 0.3) is 5.91 Å². The number of carbonyl (C=O) groups is 2. The zero-order valence-electron chi connectivity index (χ0n) is 24.5. The van der Waals surface area contributed by atoms with Gasteiger partial charge in [0, 0.05) is 37.1 Å². The maximum atomic E-state index is 13.5. The lowest BCUT2D eigenvalue weighted by Crippen LogP contribution is -2.19. The van der Waals surface area contributed by atoms with Crippen LogP contribution >= 0.6 is 43.5 Å². The molecule has 5 rings (SSSR count). The van der Waals surface area contributed by atoms with Crippen LogP contribution in [0.3, 0.4) is 0 Å². The van der Waals surface area contributed by atoms with Gasteiger partial charge in [0.05, 0.1) is 29.5 Å². The third-order valence-electron chi connectivity index (χ3n) is 6.79. The topological polar surface area (TPSA) is 102 Å². The number of hydrazone groups is 1. The molecule has 45 heavy (non-hydrogen) atoms. The van der Waals surface area contributed by atoms with Crippen LogP contribution in [0.25, 0.3) is 22.0 Å². The van der Waals surface area contributed by atoms with Gasteiger partial charge in [-0.2, -0.15) is 5.10 Å². The second kappa shape index (κ2) is 14.3. The molecule has 0 radical (unpaired) electrons. The predicted molar refractivity (Wildman–Crippen MR) is 184 cm³/mol. The lowest BCUT2D eigenvalue weighted by Gasteiger charge is -2.13. The summed E-state index contributed by atoms with van der Waals surface area (Å²) in [6.07, 6.45) is 1.41. The highest BCUT2D eigenvalue weighted by Crippen LogP contribution is 2.38. The Hall–Kier alpha value is -4.12. The number of halogens is 3. The molecular formula is C34H28Br2ClN3O5.